The van der Waals surface area contributed by atoms with Crippen molar-refractivity contribution in [2.24, 2.45) is 5.84 Å². The molecule has 104 valence electrons. The number of anilines is 1. The molecular formula is C14H14FN3OS. The first-order valence-corrected chi connectivity index (χ1v) is 6.87. The summed E-state index contributed by atoms with van der Waals surface area (Å²) in [5, 5.41) is 0. The minimum atomic E-state index is -0.449. The highest BCUT2D eigenvalue weighted by Crippen LogP contribution is 2.28. The molecule has 0 heterocycles. The maximum atomic E-state index is 13.7. The Morgan fingerprint density at radius 2 is 2.00 bits per heavy atom. The summed E-state index contributed by atoms with van der Waals surface area (Å²) in [6, 6.07) is 11.5. The lowest BCUT2D eigenvalue weighted by molar-refractivity contribution is 0.0953. The zero-order valence-electron chi connectivity index (χ0n) is 10.6. The monoisotopic (exact) mass is 291 g/mol. The van der Waals surface area contributed by atoms with Crippen LogP contribution >= 0.6 is 11.8 Å². The maximum absolute atomic E-state index is 13.7. The quantitative estimate of drug-likeness (QED) is 0.265. The number of nitrogen functional groups attached to an aromatic ring is 2. The average molecular weight is 291 g/mol. The van der Waals surface area contributed by atoms with Crippen LogP contribution < -0.4 is 17.0 Å². The van der Waals surface area contributed by atoms with Gasteiger partial charge in [-0.05, 0) is 35.9 Å². The number of thioether (sulfide) groups is 1. The molecule has 0 spiro atoms. The van der Waals surface area contributed by atoms with Crippen molar-refractivity contribution >= 4 is 23.4 Å². The predicted molar refractivity (Wildman–Crippen MR) is 78.5 cm³/mol. The molecule has 0 fully saturated rings. The second kappa shape index (κ2) is 6.40. The number of benzene rings is 2. The van der Waals surface area contributed by atoms with Gasteiger partial charge in [0.05, 0.1) is 0 Å². The van der Waals surface area contributed by atoms with Crippen molar-refractivity contribution < 1.29 is 9.18 Å². The van der Waals surface area contributed by atoms with Crippen molar-refractivity contribution in [2.75, 3.05) is 5.73 Å². The Morgan fingerprint density at radius 3 is 2.70 bits per heavy atom. The van der Waals surface area contributed by atoms with Gasteiger partial charge in [0.25, 0.3) is 5.91 Å². The van der Waals surface area contributed by atoms with Crippen molar-refractivity contribution in [3.63, 3.8) is 0 Å². The molecule has 0 aliphatic rings. The van der Waals surface area contributed by atoms with Crippen LogP contribution in [0.4, 0.5) is 10.1 Å². The zero-order chi connectivity index (χ0) is 14.5. The van der Waals surface area contributed by atoms with E-state index in [2.05, 4.69) is 0 Å². The van der Waals surface area contributed by atoms with Crippen LogP contribution in [0.3, 0.4) is 0 Å². The first kappa shape index (κ1) is 14.4. The molecule has 0 saturated heterocycles. The molecule has 0 saturated carbocycles. The van der Waals surface area contributed by atoms with Gasteiger partial charge in [-0.1, -0.05) is 12.1 Å². The Morgan fingerprint density at radius 1 is 1.25 bits per heavy atom. The summed E-state index contributed by atoms with van der Waals surface area (Å²) in [6.45, 7) is 0. The summed E-state index contributed by atoms with van der Waals surface area (Å²) in [5.41, 5.74) is 9.25. The number of hydrogen-bond donors (Lipinski definition) is 3. The van der Waals surface area contributed by atoms with Crippen molar-refractivity contribution in [1.29, 1.82) is 0 Å². The lowest BCUT2D eigenvalue weighted by atomic mass is 10.1. The molecule has 2 aromatic rings. The van der Waals surface area contributed by atoms with Gasteiger partial charge in [0.1, 0.15) is 5.82 Å². The normalized spacial score (nSPS) is 10.3. The number of rotatable bonds is 4. The molecular weight excluding hydrogens is 277 g/mol. The number of amides is 1. The summed E-state index contributed by atoms with van der Waals surface area (Å²) < 4.78 is 13.7. The van der Waals surface area contributed by atoms with Gasteiger partial charge in [-0.3, -0.25) is 10.2 Å². The van der Waals surface area contributed by atoms with E-state index >= 15 is 0 Å². The van der Waals surface area contributed by atoms with E-state index in [-0.39, 0.29) is 5.82 Å². The Hall–Kier alpha value is -2.05. The standard InChI is InChI=1S/C14H14FN3OS/c15-11-6-5-9(14(19)18-17)7-10(11)8-20-13-4-2-1-3-12(13)16/h1-7H,8,16-17H2,(H,18,19). The van der Waals surface area contributed by atoms with Gasteiger partial charge in [0.15, 0.2) is 0 Å². The number of carbonyl (C=O) groups is 1. The third kappa shape index (κ3) is 3.28. The van der Waals surface area contributed by atoms with E-state index in [9.17, 15) is 9.18 Å². The maximum Gasteiger partial charge on any atom is 0.265 e. The highest BCUT2D eigenvalue weighted by Gasteiger charge is 2.09. The van der Waals surface area contributed by atoms with Gasteiger partial charge in [-0.15, -0.1) is 11.8 Å². The van der Waals surface area contributed by atoms with Gasteiger partial charge in [-0.2, -0.15) is 0 Å². The van der Waals surface area contributed by atoms with Gasteiger partial charge in [-0.25, -0.2) is 10.2 Å². The predicted octanol–water partition coefficient (Wildman–Crippen LogP) is 2.30. The number of carbonyl (C=O) groups excluding carboxylic acids is 1. The van der Waals surface area contributed by atoms with Crippen molar-refractivity contribution in [2.45, 2.75) is 10.6 Å². The van der Waals surface area contributed by atoms with E-state index in [0.717, 1.165) is 4.90 Å². The molecule has 2 aromatic carbocycles. The molecule has 0 unspecified atom stereocenters. The van der Waals surface area contributed by atoms with Gasteiger partial charge in [0.2, 0.25) is 0 Å². The van der Waals surface area contributed by atoms with Crippen LogP contribution in [0.25, 0.3) is 0 Å². The van der Waals surface area contributed by atoms with Crippen LogP contribution in [-0.2, 0) is 5.75 Å². The van der Waals surface area contributed by atoms with Crippen LogP contribution in [-0.4, -0.2) is 5.91 Å². The molecule has 1 amide bonds. The number of hydrogen-bond acceptors (Lipinski definition) is 4. The second-order valence-electron chi connectivity index (χ2n) is 4.11. The van der Waals surface area contributed by atoms with Crippen molar-refractivity contribution in [3.8, 4) is 0 Å². The molecule has 0 atom stereocenters. The lowest BCUT2D eigenvalue weighted by Crippen LogP contribution is -2.30. The topological polar surface area (TPSA) is 81.1 Å². The second-order valence-corrected chi connectivity index (χ2v) is 5.12. The van der Waals surface area contributed by atoms with E-state index in [1.165, 1.54) is 30.0 Å². The minimum absolute atomic E-state index is 0.325. The zero-order valence-corrected chi connectivity index (χ0v) is 11.4. The largest absolute Gasteiger partial charge is 0.398 e. The van der Waals surface area contributed by atoms with Crippen LogP contribution in [0, 0.1) is 5.82 Å². The fourth-order valence-corrected chi connectivity index (χ4v) is 2.62. The van der Waals surface area contributed by atoms with Crippen LogP contribution in [0.1, 0.15) is 15.9 Å². The van der Waals surface area contributed by atoms with Crippen molar-refractivity contribution in [3.05, 3.63) is 59.4 Å². The summed E-state index contributed by atoms with van der Waals surface area (Å²) >= 11 is 1.41. The summed E-state index contributed by atoms with van der Waals surface area (Å²) in [5.74, 6) is 4.63. The van der Waals surface area contributed by atoms with E-state index < -0.39 is 5.91 Å². The molecule has 5 N–H and O–H groups in total. The van der Waals surface area contributed by atoms with Gasteiger partial charge < -0.3 is 5.73 Å². The molecule has 0 bridgehead atoms. The number of halogens is 1. The highest BCUT2D eigenvalue weighted by molar-refractivity contribution is 7.98. The molecule has 4 nitrogen and oxygen atoms in total. The third-order valence-corrected chi connectivity index (χ3v) is 3.88. The van der Waals surface area contributed by atoms with E-state index in [1.54, 1.807) is 6.07 Å². The molecule has 0 aromatic heterocycles. The summed E-state index contributed by atoms with van der Waals surface area (Å²) in [7, 11) is 0. The molecule has 0 aliphatic carbocycles. The highest BCUT2D eigenvalue weighted by atomic mass is 32.2. The van der Waals surface area contributed by atoms with E-state index in [1.807, 2.05) is 23.6 Å². The van der Waals surface area contributed by atoms with Gasteiger partial charge >= 0.3 is 0 Å². The average Bonchev–Trinajstić information content (AvgIpc) is 2.47. The van der Waals surface area contributed by atoms with E-state index in [0.29, 0.717) is 22.6 Å². The Balaban J connectivity index is 2.17. The fourth-order valence-electron chi connectivity index (χ4n) is 1.68. The van der Waals surface area contributed by atoms with Crippen LogP contribution in [0.2, 0.25) is 0 Å². The Bertz CT molecular complexity index is 634. The molecule has 2 rings (SSSR count). The number of para-hydroxylation sites is 1. The molecule has 0 aliphatic heterocycles. The van der Waals surface area contributed by atoms with Crippen molar-refractivity contribution in [1.82, 2.24) is 5.43 Å². The number of nitrogens with two attached hydrogens (primary N) is 2. The minimum Gasteiger partial charge on any atom is -0.398 e. The Kier molecular flexibility index (Phi) is 4.60. The third-order valence-electron chi connectivity index (χ3n) is 2.74. The van der Waals surface area contributed by atoms with Gasteiger partial charge in [0, 0.05) is 21.9 Å². The first-order valence-electron chi connectivity index (χ1n) is 5.88. The molecule has 6 heteroatoms. The summed E-state index contributed by atoms with van der Waals surface area (Å²) in [4.78, 5) is 12.3. The lowest BCUT2D eigenvalue weighted by Gasteiger charge is -2.07. The Labute approximate surface area is 120 Å². The first-order chi connectivity index (χ1) is 9.61. The number of nitrogens with one attached hydrogen (secondary N) is 1. The molecule has 0 radical (unpaired) electrons. The van der Waals surface area contributed by atoms with Crippen LogP contribution in [0.5, 0.6) is 0 Å². The summed E-state index contributed by atoms with van der Waals surface area (Å²) in [6.07, 6.45) is 0. The molecule has 20 heavy (non-hydrogen) atoms. The fraction of sp³-hybridized carbons (Fsp3) is 0.0714. The van der Waals surface area contributed by atoms with E-state index in [4.69, 9.17) is 11.6 Å². The van der Waals surface area contributed by atoms with Crippen LogP contribution in [0.15, 0.2) is 47.4 Å². The number of hydrazine groups is 1. The smallest absolute Gasteiger partial charge is 0.265 e. The SMILES string of the molecule is NNC(=O)c1ccc(F)c(CSc2ccccc2N)c1.